The van der Waals surface area contributed by atoms with Crippen molar-refractivity contribution in [2.75, 3.05) is 12.8 Å². The van der Waals surface area contributed by atoms with Crippen molar-refractivity contribution in [2.45, 2.75) is 56.4 Å². The van der Waals surface area contributed by atoms with Crippen LogP contribution in [-0.2, 0) is 0 Å². The molecule has 1 nitrogen and oxygen atoms in total. The summed E-state index contributed by atoms with van der Waals surface area (Å²) in [4.78, 5) is 1.36. The lowest BCUT2D eigenvalue weighted by atomic mass is 9.81. The molecule has 1 aromatic carbocycles. The van der Waals surface area contributed by atoms with E-state index in [-0.39, 0.29) is 0 Å². The van der Waals surface area contributed by atoms with Crippen molar-refractivity contribution in [1.29, 1.82) is 0 Å². The number of hydrogen-bond donors (Lipinski definition) is 1. The quantitative estimate of drug-likeness (QED) is 0.732. The van der Waals surface area contributed by atoms with Gasteiger partial charge in [0.2, 0.25) is 0 Å². The van der Waals surface area contributed by atoms with Crippen molar-refractivity contribution in [3.63, 3.8) is 0 Å². The summed E-state index contributed by atoms with van der Waals surface area (Å²) >= 11 is 1.82. The van der Waals surface area contributed by atoms with Crippen LogP contribution in [0.4, 0.5) is 0 Å². The van der Waals surface area contributed by atoms with Gasteiger partial charge in [-0.25, -0.2) is 0 Å². The van der Waals surface area contributed by atoms with Gasteiger partial charge in [-0.2, -0.15) is 0 Å². The Morgan fingerprint density at radius 2 is 1.84 bits per heavy atom. The second kappa shape index (κ2) is 7.96. The van der Waals surface area contributed by atoms with Gasteiger partial charge in [-0.3, -0.25) is 0 Å². The van der Waals surface area contributed by atoms with E-state index >= 15 is 0 Å². The molecule has 0 heterocycles. The predicted octanol–water partition coefficient (Wildman–Crippen LogP) is 5.03. The van der Waals surface area contributed by atoms with E-state index in [1.54, 1.807) is 0 Å². The summed E-state index contributed by atoms with van der Waals surface area (Å²) in [5, 5.41) is 3.79. The van der Waals surface area contributed by atoms with Crippen molar-refractivity contribution in [2.24, 2.45) is 5.92 Å². The molecule has 1 atom stereocenters. The third kappa shape index (κ3) is 4.25. The first-order chi connectivity index (χ1) is 9.35. The van der Waals surface area contributed by atoms with Crippen LogP contribution in [0.2, 0.25) is 0 Å². The zero-order chi connectivity index (χ0) is 13.5. The minimum absolute atomic E-state index is 0.566. The first-order valence-corrected chi connectivity index (χ1v) is 8.95. The van der Waals surface area contributed by atoms with Gasteiger partial charge in [-0.05, 0) is 55.7 Å². The normalized spacial score (nSPS) is 18.4. The molecule has 0 radical (unpaired) electrons. The molecule has 1 aliphatic rings. The number of nitrogens with one attached hydrogen (secondary N) is 1. The second-order valence-electron chi connectivity index (χ2n) is 5.60. The van der Waals surface area contributed by atoms with Gasteiger partial charge in [0.1, 0.15) is 0 Å². The van der Waals surface area contributed by atoms with E-state index in [1.165, 1.54) is 49.0 Å². The van der Waals surface area contributed by atoms with Crippen LogP contribution in [0.3, 0.4) is 0 Å². The SMILES string of the molecule is CCCNC(c1ccc(SC)cc1)C1CCCCC1. The largest absolute Gasteiger partial charge is 0.310 e. The van der Waals surface area contributed by atoms with Crippen molar-refractivity contribution in [3.05, 3.63) is 29.8 Å². The summed E-state index contributed by atoms with van der Waals surface area (Å²) in [5.74, 6) is 0.834. The standard InChI is InChI=1S/C17H27NS/c1-3-13-18-17(14-7-5-4-6-8-14)15-9-11-16(19-2)12-10-15/h9-12,14,17-18H,3-8,13H2,1-2H3. The van der Waals surface area contributed by atoms with E-state index in [0.29, 0.717) is 6.04 Å². The summed E-state index contributed by atoms with van der Waals surface area (Å²) in [6.07, 6.45) is 10.4. The minimum atomic E-state index is 0.566. The Morgan fingerprint density at radius 3 is 2.42 bits per heavy atom. The lowest BCUT2D eigenvalue weighted by Gasteiger charge is -2.31. The highest BCUT2D eigenvalue weighted by Crippen LogP contribution is 2.34. The fourth-order valence-electron chi connectivity index (χ4n) is 3.14. The fourth-order valence-corrected chi connectivity index (χ4v) is 3.54. The summed E-state index contributed by atoms with van der Waals surface area (Å²) in [6.45, 7) is 3.38. The molecular weight excluding hydrogens is 250 g/mol. The number of thioether (sulfide) groups is 1. The summed E-state index contributed by atoms with van der Waals surface area (Å²) in [7, 11) is 0. The Morgan fingerprint density at radius 1 is 1.16 bits per heavy atom. The molecule has 1 fully saturated rings. The van der Waals surface area contributed by atoms with Gasteiger partial charge in [0.05, 0.1) is 0 Å². The van der Waals surface area contributed by atoms with Crippen LogP contribution in [0.25, 0.3) is 0 Å². The Hall–Kier alpha value is -0.470. The van der Waals surface area contributed by atoms with Gasteiger partial charge < -0.3 is 5.32 Å². The van der Waals surface area contributed by atoms with Crippen molar-refractivity contribution >= 4 is 11.8 Å². The van der Waals surface area contributed by atoms with Crippen molar-refractivity contribution in [3.8, 4) is 0 Å². The molecule has 1 aliphatic carbocycles. The van der Waals surface area contributed by atoms with Crippen LogP contribution in [0.15, 0.2) is 29.2 Å². The van der Waals surface area contributed by atoms with Crippen LogP contribution in [-0.4, -0.2) is 12.8 Å². The lowest BCUT2D eigenvalue weighted by Crippen LogP contribution is -2.30. The molecule has 1 saturated carbocycles. The predicted molar refractivity (Wildman–Crippen MR) is 85.8 cm³/mol. The molecule has 19 heavy (non-hydrogen) atoms. The third-order valence-electron chi connectivity index (χ3n) is 4.21. The molecular formula is C17H27NS. The van der Waals surface area contributed by atoms with Crippen molar-refractivity contribution in [1.82, 2.24) is 5.32 Å². The molecule has 0 saturated heterocycles. The molecule has 0 aromatic heterocycles. The molecule has 1 N–H and O–H groups in total. The molecule has 2 heteroatoms. The van der Waals surface area contributed by atoms with Crippen molar-refractivity contribution < 1.29 is 0 Å². The molecule has 0 aliphatic heterocycles. The van der Waals surface area contributed by atoms with Crippen LogP contribution in [0.5, 0.6) is 0 Å². The van der Waals surface area contributed by atoms with Gasteiger partial charge in [-0.1, -0.05) is 38.3 Å². The summed E-state index contributed by atoms with van der Waals surface area (Å²) < 4.78 is 0. The first kappa shape index (κ1) is 14.9. The molecule has 1 aromatic rings. The Labute approximate surface area is 122 Å². The van der Waals surface area contributed by atoms with Crippen LogP contribution >= 0.6 is 11.8 Å². The zero-order valence-electron chi connectivity index (χ0n) is 12.3. The highest BCUT2D eigenvalue weighted by Gasteiger charge is 2.24. The smallest absolute Gasteiger partial charge is 0.0348 e. The van der Waals surface area contributed by atoms with E-state index in [9.17, 15) is 0 Å². The summed E-state index contributed by atoms with van der Waals surface area (Å²) in [6, 6.07) is 9.75. The Balaban J connectivity index is 2.10. The van der Waals surface area contributed by atoms with Gasteiger partial charge >= 0.3 is 0 Å². The third-order valence-corrected chi connectivity index (χ3v) is 4.95. The Kier molecular flexibility index (Phi) is 6.25. The van der Waals surface area contributed by atoms with Crippen LogP contribution in [0, 0.1) is 5.92 Å². The van der Waals surface area contributed by atoms with Crippen LogP contribution in [0.1, 0.15) is 57.1 Å². The van der Waals surface area contributed by atoms with Gasteiger partial charge in [0.25, 0.3) is 0 Å². The molecule has 0 spiro atoms. The zero-order valence-corrected chi connectivity index (χ0v) is 13.1. The average Bonchev–Trinajstić information content (AvgIpc) is 2.49. The Bertz CT molecular complexity index is 354. The number of benzene rings is 1. The molecule has 0 bridgehead atoms. The number of hydrogen-bond acceptors (Lipinski definition) is 2. The maximum absolute atomic E-state index is 3.79. The van der Waals surface area contributed by atoms with Gasteiger partial charge in [0, 0.05) is 10.9 Å². The first-order valence-electron chi connectivity index (χ1n) is 7.72. The summed E-state index contributed by atoms with van der Waals surface area (Å²) in [5.41, 5.74) is 1.48. The second-order valence-corrected chi connectivity index (χ2v) is 6.48. The van der Waals surface area contributed by atoms with Gasteiger partial charge in [0.15, 0.2) is 0 Å². The minimum Gasteiger partial charge on any atom is -0.310 e. The molecule has 1 unspecified atom stereocenters. The van der Waals surface area contributed by atoms with E-state index in [2.05, 4.69) is 42.8 Å². The number of rotatable bonds is 6. The maximum Gasteiger partial charge on any atom is 0.0348 e. The molecule has 0 amide bonds. The highest BCUT2D eigenvalue weighted by molar-refractivity contribution is 7.98. The van der Waals surface area contributed by atoms with E-state index in [1.807, 2.05) is 11.8 Å². The average molecular weight is 277 g/mol. The fraction of sp³-hybridized carbons (Fsp3) is 0.647. The van der Waals surface area contributed by atoms with E-state index in [4.69, 9.17) is 0 Å². The monoisotopic (exact) mass is 277 g/mol. The molecule has 106 valence electrons. The lowest BCUT2D eigenvalue weighted by molar-refractivity contribution is 0.272. The van der Waals surface area contributed by atoms with E-state index in [0.717, 1.165) is 12.5 Å². The van der Waals surface area contributed by atoms with Crippen LogP contribution < -0.4 is 5.32 Å². The highest BCUT2D eigenvalue weighted by atomic mass is 32.2. The maximum atomic E-state index is 3.79. The van der Waals surface area contributed by atoms with E-state index < -0.39 is 0 Å². The molecule has 2 rings (SSSR count). The van der Waals surface area contributed by atoms with Gasteiger partial charge in [-0.15, -0.1) is 11.8 Å². The topological polar surface area (TPSA) is 12.0 Å².